The number of nitrogens with zero attached hydrogens (tertiary/aromatic N) is 1. The van der Waals surface area contributed by atoms with Crippen LogP contribution in [0.3, 0.4) is 0 Å². The zero-order valence-electron chi connectivity index (χ0n) is 13.9. The van der Waals surface area contributed by atoms with Gasteiger partial charge >= 0.3 is 0 Å². The van der Waals surface area contributed by atoms with Crippen LogP contribution in [-0.4, -0.2) is 27.6 Å². The van der Waals surface area contributed by atoms with Gasteiger partial charge in [-0.1, -0.05) is 6.07 Å². The first-order valence-electron chi connectivity index (χ1n) is 7.27. The molecule has 0 unspecified atom stereocenters. The van der Waals surface area contributed by atoms with Crippen LogP contribution in [-0.2, 0) is 10.0 Å². The Labute approximate surface area is 145 Å². The van der Waals surface area contributed by atoms with Crippen LogP contribution < -0.4 is 14.2 Å². The van der Waals surface area contributed by atoms with E-state index in [4.69, 9.17) is 9.47 Å². The fourth-order valence-electron chi connectivity index (χ4n) is 2.31. The smallest absolute Gasteiger partial charge is 0.270 e. The molecule has 0 spiro atoms. The lowest BCUT2D eigenvalue weighted by atomic mass is 10.1. The van der Waals surface area contributed by atoms with Crippen LogP contribution in [0.15, 0.2) is 47.4 Å². The molecule has 0 fully saturated rings. The minimum atomic E-state index is -3.96. The van der Waals surface area contributed by atoms with Crippen molar-refractivity contribution in [3.8, 4) is 11.5 Å². The summed E-state index contributed by atoms with van der Waals surface area (Å²) in [6.07, 6.45) is 0. The fourth-order valence-corrected chi connectivity index (χ4v) is 3.57. The van der Waals surface area contributed by atoms with Crippen LogP contribution in [0.1, 0.15) is 18.5 Å². The van der Waals surface area contributed by atoms with E-state index in [0.29, 0.717) is 17.1 Å². The molecule has 0 saturated carbocycles. The molecule has 134 valence electrons. The number of hydrogen-bond donors (Lipinski definition) is 1. The van der Waals surface area contributed by atoms with Gasteiger partial charge in [-0.3, -0.25) is 10.1 Å². The Morgan fingerprint density at radius 3 is 2.44 bits per heavy atom. The van der Waals surface area contributed by atoms with E-state index >= 15 is 0 Å². The lowest BCUT2D eigenvalue weighted by molar-refractivity contribution is -0.385. The Balaban J connectivity index is 2.34. The maximum absolute atomic E-state index is 12.5. The predicted molar refractivity (Wildman–Crippen MR) is 91.4 cm³/mol. The zero-order valence-corrected chi connectivity index (χ0v) is 14.7. The van der Waals surface area contributed by atoms with E-state index in [1.54, 1.807) is 25.1 Å². The van der Waals surface area contributed by atoms with Gasteiger partial charge in [0.2, 0.25) is 10.0 Å². The molecule has 0 aliphatic heterocycles. The molecule has 2 aromatic carbocycles. The molecule has 2 aromatic rings. The summed E-state index contributed by atoms with van der Waals surface area (Å²) in [7, 11) is -0.976. The van der Waals surface area contributed by atoms with Gasteiger partial charge in [0, 0.05) is 23.7 Å². The molecular weight excluding hydrogens is 348 g/mol. The molecule has 0 aliphatic carbocycles. The summed E-state index contributed by atoms with van der Waals surface area (Å²) in [5.74, 6) is 1.05. The van der Waals surface area contributed by atoms with Gasteiger partial charge in [-0.05, 0) is 31.2 Å². The summed E-state index contributed by atoms with van der Waals surface area (Å²) in [5.41, 5.74) is 0.283. The first-order valence-corrected chi connectivity index (χ1v) is 8.75. The molecule has 0 aliphatic rings. The van der Waals surface area contributed by atoms with E-state index in [1.165, 1.54) is 32.4 Å². The predicted octanol–water partition coefficient (Wildman–Crippen LogP) is 2.65. The monoisotopic (exact) mass is 366 g/mol. The van der Waals surface area contributed by atoms with E-state index in [0.717, 1.165) is 6.07 Å². The molecule has 25 heavy (non-hydrogen) atoms. The number of methoxy groups -OCH3 is 2. The molecule has 2 rings (SSSR count). The second-order valence-corrected chi connectivity index (χ2v) is 6.92. The van der Waals surface area contributed by atoms with Crippen molar-refractivity contribution in [1.82, 2.24) is 4.72 Å². The Hall–Kier alpha value is -2.65. The zero-order chi connectivity index (χ0) is 18.6. The molecule has 0 bridgehead atoms. The van der Waals surface area contributed by atoms with Crippen molar-refractivity contribution in [3.63, 3.8) is 0 Å². The summed E-state index contributed by atoms with van der Waals surface area (Å²) >= 11 is 0. The van der Waals surface area contributed by atoms with Crippen molar-refractivity contribution in [2.45, 2.75) is 17.9 Å². The highest BCUT2D eigenvalue weighted by atomic mass is 32.2. The number of ether oxygens (including phenoxy) is 2. The number of nitro groups is 1. The third kappa shape index (κ3) is 4.25. The molecule has 0 saturated heterocycles. The first-order chi connectivity index (χ1) is 11.8. The topological polar surface area (TPSA) is 108 Å². The van der Waals surface area contributed by atoms with Crippen LogP contribution >= 0.6 is 0 Å². The van der Waals surface area contributed by atoms with Gasteiger partial charge in [-0.15, -0.1) is 0 Å². The van der Waals surface area contributed by atoms with Crippen LogP contribution in [0, 0.1) is 10.1 Å². The lowest BCUT2D eigenvalue weighted by Gasteiger charge is -2.18. The van der Waals surface area contributed by atoms with Crippen LogP contribution in [0.4, 0.5) is 5.69 Å². The molecule has 1 N–H and O–H groups in total. The van der Waals surface area contributed by atoms with Crippen LogP contribution in [0.2, 0.25) is 0 Å². The normalized spacial score (nSPS) is 12.4. The summed E-state index contributed by atoms with van der Waals surface area (Å²) in [6, 6.07) is 9.25. The Kier molecular flexibility index (Phi) is 5.60. The van der Waals surface area contributed by atoms with Crippen molar-refractivity contribution < 1.29 is 22.8 Å². The maximum Gasteiger partial charge on any atom is 0.270 e. The quantitative estimate of drug-likeness (QED) is 0.596. The summed E-state index contributed by atoms with van der Waals surface area (Å²) in [4.78, 5) is 10.0. The molecule has 9 heteroatoms. The van der Waals surface area contributed by atoms with Gasteiger partial charge in [0.15, 0.2) is 0 Å². The van der Waals surface area contributed by atoms with Crippen molar-refractivity contribution in [1.29, 1.82) is 0 Å². The minimum Gasteiger partial charge on any atom is -0.497 e. The van der Waals surface area contributed by atoms with E-state index in [9.17, 15) is 18.5 Å². The molecule has 8 nitrogen and oxygen atoms in total. The van der Waals surface area contributed by atoms with E-state index in [-0.39, 0.29) is 10.6 Å². The van der Waals surface area contributed by atoms with Gasteiger partial charge < -0.3 is 9.47 Å². The van der Waals surface area contributed by atoms with Gasteiger partial charge in [0.25, 0.3) is 5.69 Å². The average Bonchev–Trinajstić information content (AvgIpc) is 2.60. The van der Waals surface area contributed by atoms with Crippen LogP contribution in [0.25, 0.3) is 0 Å². The fraction of sp³-hybridized carbons (Fsp3) is 0.250. The lowest BCUT2D eigenvalue weighted by Crippen LogP contribution is -2.27. The number of non-ortho nitro benzene ring substituents is 1. The second-order valence-electron chi connectivity index (χ2n) is 5.21. The number of hydrogen-bond acceptors (Lipinski definition) is 6. The molecule has 0 heterocycles. The third-order valence-electron chi connectivity index (χ3n) is 3.57. The van der Waals surface area contributed by atoms with Crippen molar-refractivity contribution >= 4 is 15.7 Å². The van der Waals surface area contributed by atoms with E-state index in [2.05, 4.69) is 4.72 Å². The number of nitro benzene ring substituents is 1. The minimum absolute atomic E-state index is 0.185. The number of nitrogens with one attached hydrogen (secondary N) is 1. The Morgan fingerprint density at radius 2 is 1.84 bits per heavy atom. The first kappa shape index (κ1) is 18.7. The molecule has 0 aromatic heterocycles. The average molecular weight is 366 g/mol. The largest absolute Gasteiger partial charge is 0.497 e. The highest BCUT2D eigenvalue weighted by Crippen LogP contribution is 2.30. The van der Waals surface area contributed by atoms with Crippen molar-refractivity contribution in [2.24, 2.45) is 0 Å². The Bertz CT molecular complexity index is 882. The standard InChI is InChI=1S/C16H18N2O6S/c1-11(15-10-13(23-2)7-8-16(15)24-3)17-25(21,22)14-6-4-5-12(9-14)18(19)20/h4-11,17H,1-3H3/t11-/m0/s1. The highest BCUT2D eigenvalue weighted by Gasteiger charge is 2.22. The van der Waals surface area contributed by atoms with Crippen molar-refractivity contribution in [3.05, 3.63) is 58.1 Å². The van der Waals surface area contributed by atoms with Gasteiger partial charge in [-0.25, -0.2) is 13.1 Å². The molecule has 1 atom stereocenters. The number of sulfonamides is 1. The van der Waals surface area contributed by atoms with Gasteiger partial charge in [0.1, 0.15) is 11.5 Å². The molecular formula is C16H18N2O6S. The molecule has 0 amide bonds. The summed E-state index contributed by atoms with van der Waals surface area (Å²) in [5, 5.41) is 10.8. The number of rotatable bonds is 7. The molecule has 0 radical (unpaired) electrons. The third-order valence-corrected chi connectivity index (χ3v) is 5.11. The van der Waals surface area contributed by atoms with Gasteiger partial charge in [-0.2, -0.15) is 0 Å². The Morgan fingerprint density at radius 1 is 1.12 bits per heavy atom. The SMILES string of the molecule is COc1ccc(OC)c([C@H](C)NS(=O)(=O)c2cccc([N+](=O)[O-])c2)c1. The van der Waals surface area contributed by atoms with Crippen LogP contribution in [0.5, 0.6) is 11.5 Å². The maximum atomic E-state index is 12.5. The number of benzene rings is 2. The van der Waals surface area contributed by atoms with Crippen molar-refractivity contribution in [2.75, 3.05) is 14.2 Å². The van der Waals surface area contributed by atoms with E-state index in [1.807, 2.05) is 0 Å². The summed E-state index contributed by atoms with van der Waals surface area (Å²) < 4.78 is 38.0. The second kappa shape index (κ2) is 7.49. The van der Waals surface area contributed by atoms with Gasteiger partial charge in [0.05, 0.1) is 24.0 Å². The van der Waals surface area contributed by atoms with E-state index < -0.39 is 21.0 Å². The summed E-state index contributed by atoms with van der Waals surface area (Å²) in [6.45, 7) is 1.65. The highest BCUT2D eigenvalue weighted by molar-refractivity contribution is 7.89.